The third-order valence-corrected chi connectivity index (χ3v) is 4.87. The fourth-order valence-corrected chi connectivity index (χ4v) is 3.42. The summed E-state index contributed by atoms with van der Waals surface area (Å²) in [6.45, 7) is 4.99. The standard InChI is InChI=1S/C19H19N5OS/c1-3-12-8-9-16(25)13(10-12)18-21-22-19(26)24(18)15-7-5-6-14-17(15)20-11-23(14)4-2/h5-11,25H,3-4H2,1-2H3,(H,22,26). The average molecular weight is 365 g/mol. The van der Waals surface area contributed by atoms with E-state index >= 15 is 0 Å². The molecule has 0 saturated carbocycles. The van der Waals surface area contributed by atoms with Crippen LogP contribution in [0.1, 0.15) is 19.4 Å². The summed E-state index contributed by atoms with van der Waals surface area (Å²) in [5.74, 6) is 0.741. The van der Waals surface area contributed by atoms with Crippen LogP contribution in [0.15, 0.2) is 42.7 Å². The van der Waals surface area contributed by atoms with Gasteiger partial charge in [0.1, 0.15) is 11.3 Å². The highest BCUT2D eigenvalue weighted by Gasteiger charge is 2.18. The van der Waals surface area contributed by atoms with Crippen LogP contribution in [-0.2, 0) is 13.0 Å². The summed E-state index contributed by atoms with van der Waals surface area (Å²) in [7, 11) is 0. The topological polar surface area (TPSA) is 71.7 Å². The Labute approximate surface area is 155 Å². The number of hydrogen-bond acceptors (Lipinski definition) is 4. The number of aryl methyl sites for hydroxylation is 2. The third-order valence-electron chi connectivity index (χ3n) is 4.59. The molecule has 7 heteroatoms. The van der Waals surface area contributed by atoms with Gasteiger partial charge in [-0.25, -0.2) is 4.98 Å². The van der Waals surface area contributed by atoms with Crippen molar-refractivity contribution in [2.24, 2.45) is 0 Å². The molecule has 2 aromatic carbocycles. The number of aromatic nitrogens is 5. The summed E-state index contributed by atoms with van der Waals surface area (Å²) in [5, 5.41) is 17.6. The number of para-hydroxylation sites is 1. The van der Waals surface area contributed by atoms with Crippen molar-refractivity contribution in [3.05, 3.63) is 53.1 Å². The number of fused-ring (bicyclic) bond motifs is 1. The van der Waals surface area contributed by atoms with Gasteiger partial charge in [0, 0.05) is 6.54 Å². The molecule has 0 atom stereocenters. The van der Waals surface area contributed by atoms with E-state index in [4.69, 9.17) is 12.2 Å². The summed E-state index contributed by atoms with van der Waals surface area (Å²) in [6.07, 6.45) is 2.70. The minimum Gasteiger partial charge on any atom is -0.507 e. The van der Waals surface area contributed by atoms with E-state index in [0.717, 1.165) is 35.2 Å². The molecule has 0 aliphatic carbocycles. The van der Waals surface area contributed by atoms with Gasteiger partial charge in [0.15, 0.2) is 10.6 Å². The van der Waals surface area contributed by atoms with Crippen LogP contribution in [0.3, 0.4) is 0 Å². The van der Waals surface area contributed by atoms with E-state index in [0.29, 0.717) is 16.2 Å². The highest BCUT2D eigenvalue weighted by molar-refractivity contribution is 7.71. The summed E-state index contributed by atoms with van der Waals surface area (Å²) in [6, 6.07) is 11.5. The van der Waals surface area contributed by atoms with Gasteiger partial charge in [0.05, 0.1) is 23.1 Å². The molecule has 4 rings (SSSR count). The zero-order chi connectivity index (χ0) is 18.3. The van der Waals surface area contributed by atoms with Crippen molar-refractivity contribution in [2.45, 2.75) is 26.8 Å². The number of imidazole rings is 1. The number of phenolic OH excluding ortho intramolecular Hbond substituents is 1. The van der Waals surface area contributed by atoms with Crippen molar-refractivity contribution < 1.29 is 5.11 Å². The van der Waals surface area contributed by atoms with Gasteiger partial charge in [0.25, 0.3) is 0 Å². The lowest BCUT2D eigenvalue weighted by molar-refractivity contribution is 0.476. The van der Waals surface area contributed by atoms with E-state index in [1.807, 2.05) is 41.2 Å². The molecule has 0 aliphatic heterocycles. The highest BCUT2D eigenvalue weighted by atomic mass is 32.1. The van der Waals surface area contributed by atoms with Gasteiger partial charge in [0.2, 0.25) is 0 Å². The van der Waals surface area contributed by atoms with Gasteiger partial charge >= 0.3 is 0 Å². The largest absolute Gasteiger partial charge is 0.507 e. The molecule has 0 amide bonds. The fourth-order valence-electron chi connectivity index (χ4n) is 3.19. The van der Waals surface area contributed by atoms with Crippen LogP contribution in [0.2, 0.25) is 0 Å². The molecule has 26 heavy (non-hydrogen) atoms. The summed E-state index contributed by atoms with van der Waals surface area (Å²) in [4.78, 5) is 4.57. The molecule has 0 unspecified atom stereocenters. The highest BCUT2D eigenvalue weighted by Crippen LogP contribution is 2.32. The van der Waals surface area contributed by atoms with Crippen molar-refractivity contribution in [2.75, 3.05) is 0 Å². The van der Waals surface area contributed by atoms with Crippen molar-refractivity contribution >= 4 is 23.3 Å². The normalized spacial score (nSPS) is 11.3. The molecule has 4 aromatic rings. The summed E-state index contributed by atoms with van der Waals surface area (Å²) >= 11 is 5.49. The van der Waals surface area contributed by atoms with Crippen LogP contribution in [0.5, 0.6) is 5.75 Å². The van der Waals surface area contributed by atoms with Crippen molar-refractivity contribution in [3.8, 4) is 22.8 Å². The monoisotopic (exact) mass is 365 g/mol. The van der Waals surface area contributed by atoms with Crippen molar-refractivity contribution in [3.63, 3.8) is 0 Å². The molecule has 0 saturated heterocycles. The Kier molecular flexibility index (Phi) is 4.08. The number of nitrogens with zero attached hydrogens (tertiary/aromatic N) is 4. The maximum atomic E-state index is 10.4. The molecule has 6 nitrogen and oxygen atoms in total. The molecular formula is C19H19N5OS. The number of aromatic amines is 1. The number of benzene rings is 2. The minimum atomic E-state index is 0.170. The molecule has 0 fully saturated rings. The van der Waals surface area contributed by atoms with Gasteiger partial charge in [-0.3, -0.25) is 9.67 Å². The van der Waals surface area contributed by atoms with Gasteiger partial charge in [-0.2, -0.15) is 5.10 Å². The molecule has 2 aromatic heterocycles. The number of nitrogens with one attached hydrogen (secondary N) is 1. The third kappa shape index (κ3) is 2.52. The van der Waals surface area contributed by atoms with Gasteiger partial charge in [-0.05, 0) is 55.4 Å². The van der Waals surface area contributed by atoms with E-state index in [9.17, 15) is 5.11 Å². The molecule has 0 bridgehead atoms. The van der Waals surface area contributed by atoms with E-state index < -0.39 is 0 Å². The maximum Gasteiger partial charge on any atom is 0.200 e. The Balaban J connectivity index is 2.00. The van der Waals surface area contributed by atoms with E-state index in [-0.39, 0.29) is 5.75 Å². The zero-order valence-electron chi connectivity index (χ0n) is 14.6. The first-order valence-corrected chi connectivity index (χ1v) is 8.98. The Morgan fingerprint density at radius 3 is 2.81 bits per heavy atom. The fraction of sp³-hybridized carbons (Fsp3) is 0.211. The number of H-pyrrole nitrogens is 1. The molecule has 2 N–H and O–H groups in total. The first kappa shape index (κ1) is 16.5. The molecule has 132 valence electrons. The molecule has 0 aliphatic rings. The van der Waals surface area contributed by atoms with Crippen molar-refractivity contribution in [1.82, 2.24) is 24.3 Å². The first-order chi connectivity index (χ1) is 12.6. The van der Waals surface area contributed by atoms with E-state index in [1.54, 1.807) is 6.07 Å². The average Bonchev–Trinajstić information content (AvgIpc) is 3.25. The number of phenols is 1. The van der Waals surface area contributed by atoms with Gasteiger partial charge in [-0.15, -0.1) is 0 Å². The quantitative estimate of drug-likeness (QED) is 0.531. The predicted octanol–water partition coefficient (Wildman–Crippen LogP) is 4.23. The molecular weight excluding hydrogens is 346 g/mol. The molecule has 0 spiro atoms. The van der Waals surface area contributed by atoms with Crippen LogP contribution in [0, 0.1) is 4.77 Å². The maximum absolute atomic E-state index is 10.4. The van der Waals surface area contributed by atoms with Gasteiger partial charge < -0.3 is 9.67 Å². The smallest absolute Gasteiger partial charge is 0.200 e. The summed E-state index contributed by atoms with van der Waals surface area (Å²) < 4.78 is 4.37. The van der Waals surface area contributed by atoms with Crippen LogP contribution in [-0.4, -0.2) is 29.4 Å². The summed E-state index contributed by atoms with van der Waals surface area (Å²) in [5.41, 5.74) is 4.48. The number of hydrogen-bond donors (Lipinski definition) is 2. The SMILES string of the molecule is CCc1ccc(O)c(-c2n[nH]c(=S)n2-c2cccc3c2ncn3CC)c1. The zero-order valence-corrected chi connectivity index (χ0v) is 15.4. The molecule has 0 radical (unpaired) electrons. The Morgan fingerprint density at radius 1 is 1.19 bits per heavy atom. The predicted molar refractivity (Wildman–Crippen MR) is 104 cm³/mol. The second-order valence-corrected chi connectivity index (χ2v) is 6.45. The molecule has 2 heterocycles. The van der Waals surface area contributed by atoms with Crippen LogP contribution >= 0.6 is 12.2 Å². The second kappa shape index (κ2) is 6.42. The lowest BCUT2D eigenvalue weighted by Crippen LogP contribution is -2.00. The van der Waals surface area contributed by atoms with E-state index in [2.05, 4.69) is 33.6 Å². The Hall–Kier alpha value is -2.93. The minimum absolute atomic E-state index is 0.170. The second-order valence-electron chi connectivity index (χ2n) is 6.07. The van der Waals surface area contributed by atoms with Gasteiger partial charge in [-0.1, -0.05) is 19.1 Å². The van der Waals surface area contributed by atoms with Crippen LogP contribution in [0.25, 0.3) is 28.1 Å². The van der Waals surface area contributed by atoms with Crippen LogP contribution < -0.4 is 0 Å². The lowest BCUT2D eigenvalue weighted by atomic mass is 10.1. The number of aromatic hydroxyl groups is 1. The number of rotatable bonds is 4. The Bertz CT molecular complexity index is 1150. The lowest BCUT2D eigenvalue weighted by Gasteiger charge is -2.10. The Morgan fingerprint density at radius 2 is 2.04 bits per heavy atom. The van der Waals surface area contributed by atoms with E-state index in [1.165, 1.54) is 0 Å². The van der Waals surface area contributed by atoms with Crippen LogP contribution in [0.4, 0.5) is 0 Å². The first-order valence-electron chi connectivity index (χ1n) is 8.58. The van der Waals surface area contributed by atoms with Crippen molar-refractivity contribution in [1.29, 1.82) is 0 Å².